The number of benzene rings is 1. The van der Waals surface area contributed by atoms with Crippen LogP contribution in [-0.4, -0.2) is 68.4 Å². The second-order valence-electron chi connectivity index (χ2n) is 6.63. The van der Waals surface area contributed by atoms with Crippen LogP contribution in [0.5, 0.6) is 11.5 Å². The lowest BCUT2D eigenvalue weighted by atomic mass is 10.2. The van der Waals surface area contributed by atoms with Crippen molar-refractivity contribution in [2.24, 2.45) is 0 Å². The number of nitrogens with one attached hydrogen (secondary N) is 2. The Bertz CT molecular complexity index is 806. The maximum atomic E-state index is 12.2. The molecule has 0 unspecified atom stereocenters. The normalized spacial score (nSPS) is 16.4. The number of hydrogen-bond donors (Lipinski definition) is 2. The van der Waals surface area contributed by atoms with Gasteiger partial charge in [0.2, 0.25) is 0 Å². The topological polar surface area (TPSA) is 85.0 Å². The molecule has 3 heterocycles. The van der Waals surface area contributed by atoms with Crippen molar-refractivity contribution in [3.8, 4) is 11.5 Å². The highest BCUT2D eigenvalue weighted by Gasteiger charge is 2.13. The molecule has 0 bridgehead atoms. The molecule has 0 radical (unpaired) electrons. The van der Waals surface area contributed by atoms with E-state index in [0.717, 1.165) is 55.7 Å². The molecule has 28 heavy (non-hydrogen) atoms. The number of morpholine rings is 1. The third-order valence-electron chi connectivity index (χ3n) is 4.64. The molecular weight excluding hydrogens is 360 g/mol. The van der Waals surface area contributed by atoms with Gasteiger partial charge < -0.3 is 24.8 Å². The van der Waals surface area contributed by atoms with Gasteiger partial charge in [-0.3, -0.25) is 9.69 Å². The van der Waals surface area contributed by atoms with Crippen molar-refractivity contribution < 1.29 is 19.0 Å². The van der Waals surface area contributed by atoms with E-state index in [2.05, 4.69) is 20.5 Å². The zero-order valence-corrected chi connectivity index (χ0v) is 15.6. The van der Waals surface area contributed by atoms with E-state index in [-0.39, 0.29) is 5.91 Å². The van der Waals surface area contributed by atoms with Gasteiger partial charge in [-0.2, -0.15) is 0 Å². The summed E-state index contributed by atoms with van der Waals surface area (Å²) in [4.78, 5) is 18.8. The number of amides is 1. The first-order chi connectivity index (χ1) is 13.8. The van der Waals surface area contributed by atoms with Crippen LogP contribution in [0.4, 0.5) is 11.4 Å². The number of carbonyl (C=O) groups is 1. The summed E-state index contributed by atoms with van der Waals surface area (Å²) in [5.41, 5.74) is 2.06. The van der Waals surface area contributed by atoms with Gasteiger partial charge in [-0.25, -0.2) is 4.98 Å². The largest absolute Gasteiger partial charge is 0.486 e. The van der Waals surface area contributed by atoms with Gasteiger partial charge in [0.05, 0.1) is 25.1 Å². The van der Waals surface area contributed by atoms with Crippen LogP contribution in [0.1, 0.15) is 10.5 Å². The summed E-state index contributed by atoms with van der Waals surface area (Å²) in [5.74, 6) is 1.30. The summed E-state index contributed by atoms with van der Waals surface area (Å²) in [6, 6.07) is 9.23. The lowest BCUT2D eigenvalue weighted by molar-refractivity contribution is 0.0383. The number of rotatable bonds is 6. The van der Waals surface area contributed by atoms with E-state index in [1.807, 2.05) is 24.3 Å². The minimum absolute atomic E-state index is 0.167. The van der Waals surface area contributed by atoms with Crippen molar-refractivity contribution in [2.45, 2.75) is 0 Å². The Morgan fingerprint density at radius 3 is 2.57 bits per heavy atom. The molecule has 4 rings (SSSR count). The molecule has 0 saturated carbocycles. The summed E-state index contributed by atoms with van der Waals surface area (Å²) in [7, 11) is 0. The van der Waals surface area contributed by atoms with E-state index >= 15 is 0 Å². The number of carbonyl (C=O) groups excluding carboxylic acids is 1. The Labute approximate surface area is 163 Å². The monoisotopic (exact) mass is 384 g/mol. The molecular formula is C20H24N4O4. The highest BCUT2D eigenvalue weighted by atomic mass is 16.6. The van der Waals surface area contributed by atoms with Crippen LogP contribution in [-0.2, 0) is 4.74 Å². The molecule has 0 spiro atoms. The van der Waals surface area contributed by atoms with Crippen molar-refractivity contribution in [1.82, 2.24) is 15.2 Å². The summed E-state index contributed by atoms with van der Waals surface area (Å²) >= 11 is 0. The molecule has 2 aliphatic rings. The van der Waals surface area contributed by atoms with E-state index in [4.69, 9.17) is 14.2 Å². The second kappa shape index (κ2) is 8.90. The smallest absolute Gasteiger partial charge is 0.269 e. The number of anilines is 2. The Balaban J connectivity index is 1.29. The van der Waals surface area contributed by atoms with Crippen molar-refractivity contribution in [3.63, 3.8) is 0 Å². The average molecular weight is 384 g/mol. The average Bonchev–Trinajstić information content (AvgIpc) is 2.75. The van der Waals surface area contributed by atoms with E-state index in [1.165, 1.54) is 0 Å². The zero-order chi connectivity index (χ0) is 19.2. The second-order valence-corrected chi connectivity index (χ2v) is 6.63. The van der Waals surface area contributed by atoms with Crippen LogP contribution < -0.4 is 20.1 Å². The lowest BCUT2D eigenvalue weighted by Gasteiger charge is -2.26. The lowest BCUT2D eigenvalue weighted by Crippen LogP contribution is -2.41. The zero-order valence-electron chi connectivity index (χ0n) is 15.6. The van der Waals surface area contributed by atoms with Crippen LogP contribution in [0.15, 0.2) is 36.5 Å². The van der Waals surface area contributed by atoms with Crippen molar-refractivity contribution in [1.29, 1.82) is 0 Å². The first-order valence-electron chi connectivity index (χ1n) is 9.49. The Hall–Kier alpha value is -2.84. The fourth-order valence-electron chi connectivity index (χ4n) is 3.13. The van der Waals surface area contributed by atoms with Crippen LogP contribution in [0.25, 0.3) is 0 Å². The molecule has 1 saturated heterocycles. The van der Waals surface area contributed by atoms with E-state index < -0.39 is 0 Å². The minimum atomic E-state index is -0.167. The highest BCUT2D eigenvalue weighted by Crippen LogP contribution is 2.33. The first kappa shape index (κ1) is 18.5. The molecule has 2 N–H and O–H groups in total. The molecule has 148 valence electrons. The van der Waals surface area contributed by atoms with Gasteiger partial charge in [-0.1, -0.05) is 0 Å². The van der Waals surface area contributed by atoms with Gasteiger partial charge in [0.15, 0.2) is 11.5 Å². The van der Waals surface area contributed by atoms with Crippen molar-refractivity contribution in [3.05, 3.63) is 42.2 Å². The van der Waals surface area contributed by atoms with Crippen molar-refractivity contribution >= 4 is 17.3 Å². The number of ether oxygens (including phenoxy) is 3. The van der Waals surface area contributed by atoms with E-state index in [9.17, 15) is 4.79 Å². The van der Waals surface area contributed by atoms with Crippen LogP contribution in [0.2, 0.25) is 0 Å². The molecule has 8 heteroatoms. The molecule has 1 aromatic carbocycles. The van der Waals surface area contributed by atoms with E-state index in [0.29, 0.717) is 25.5 Å². The summed E-state index contributed by atoms with van der Waals surface area (Å²) in [5, 5.41) is 6.17. The Kier molecular flexibility index (Phi) is 5.89. The molecule has 1 aromatic heterocycles. The molecule has 2 aromatic rings. The maximum Gasteiger partial charge on any atom is 0.269 e. The fraction of sp³-hybridized carbons (Fsp3) is 0.400. The molecule has 0 atom stereocenters. The summed E-state index contributed by atoms with van der Waals surface area (Å²) in [6.45, 7) is 5.87. The Morgan fingerprint density at radius 2 is 1.79 bits per heavy atom. The fourth-order valence-corrected chi connectivity index (χ4v) is 3.13. The first-order valence-corrected chi connectivity index (χ1v) is 9.49. The maximum absolute atomic E-state index is 12.2. The number of aromatic nitrogens is 1. The Morgan fingerprint density at radius 1 is 1.00 bits per heavy atom. The predicted molar refractivity (Wildman–Crippen MR) is 105 cm³/mol. The number of hydrogen-bond acceptors (Lipinski definition) is 7. The molecule has 8 nitrogen and oxygen atoms in total. The summed E-state index contributed by atoms with van der Waals surface area (Å²) in [6.07, 6.45) is 1.65. The van der Waals surface area contributed by atoms with Crippen molar-refractivity contribution in [2.75, 3.05) is 57.9 Å². The number of pyridine rings is 1. The van der Waals surface area contributed by atoms with Crippen LogP contribution in [0.3, 0.4) is 0 Å². The third kappa shape index (κ3) is 4.71. The molecule has 1 amide bonds. The molecule has 2 aliphatic heterocycles. The SMILES string of the molecule is O=C(NCCN1CCOCC1)c1ccc(Nc2ccc3c(c2)OCCO3)cn1. The quantitative estimate of drug-likeness (QED) is 0.783. The van der Waals surface area contributed by atoms with Gasteiger partial charge in [0.25, 0.3) is 5.91 Å². The molecule has 1 fully saturated rings. The van der Waals surface area contributed by atoms with Gasteiger partial charge in [0, 0.05) is 37.9 Å². The van der Waals surface area contributed by atoms with Gasteiger partial charge >= 0.3 is 0 Å². The predicted octanol–water partition coefficient (Wildman–Crippen LogP) is 1.66. The number of fused-ring (bicyclic) bond motifs is 1. The van der Waals surface area contributed by atoms with Gasteiger partial charge in [-0.05, 0) is 24.3 Å². The van der Waals surface area contributed by atoms with E-state index in [1.54, 1.807) is 12.3 Å². The highest BCUT2D eigenvalue weighted by molar-refractivity contribution is 5.92. The number of nitrogens with zero attached hydrogens (tertiary/aromatic N) is 2. The van der Waals surface area contributed by atoms with Gasteiger partial charge in [0.1, 0.15) is 18.9 Å². The van der Waals surface area contributed by atoms with Crippen LogP contribution >= 0.6 is 0 Å². The third-order valence-corrected chi connectivity index (χ3v) is 4.64. The van der Waals surface area contributed by atoms with Gasteiger partial charge in [-0.15, -0.1) is 0 Å². The summed E-state index contributed by atoms with van der Waals surface area (Å²) < 4.78 is 16.4. The molecule has 0 aliphatic carbocycles. The van der Waals surface area contributed by atoms with Crippen LogP contribution in [0, 0.1) is 0 Å². The minimum Gasteiger partial charge on any atom is -0.486 e. The standard InChI is InChI=1S/C20H24N4O4/c25-20(21-5-6-24-7-9-26-10-8-24)17-3-1-16(14-22-17)23-15-2-4-18-19(13-15)28-12-11-27-18/h1-4,13-14,23H,5-12H2,(H,21,25).